The van der Waals surface area contributed by atoms with Crippen molar-refractivity contribution in [3.05, 3.63) is 29.8 Å². The zero-order valence-electron chi connectivity index (χ0n) is 12.3. The summed E-state index contributed by atoms with van der Waals surface area (Å²) in [6, 6.07) is 2.87. The van der Waals surface area contributed by atoms with Gasteiger partial charge in [0, 0.05) is 6.07 Å². The van der Waals surface area contributed by atoms with Gasteiger partial charge in [0.2, 0.25) is 11.0 Å². The smallest absolute Gasteiger partial charge is 0.413 e. The van der Waals surface area contributed by atoms with Gasteiger partial charge in [0.25, 0.3) is 0 Å². The van der Waals surface area contributed by atoms with Crippen LogP contribution in [0.3, 0.4) is 0 Å². The maximum Gasteiger partial charge on any atom is 0.413 e. The lowest BCUT2D eigenvalue weighted by Gasteiger charge is -2.05. The number of halogens is 2. The average Bonchev–Trinajstić information content (AvgIpc) is 2.96. The van der Waals surface area contributed by atoms with Crippen molar-refractivity contribution in [1.29, 1.82) is 0 Å². The van der Waals surface area contributed by atoms with Gasteiger partial charge < -0.3 is 10.1 Å². The first-order chi connectivity index (χ1) is 11.5. The van der Waals surface area contributed by atoms with Crippen LogP contribution < -0.4 is 10.6 Å². The molecule has 0 unspecified atom stereocenters. The molecule has 0 aliphatic rings. The molecule has 2 rings (SSSR count). The first-order valence-corrected chi connectivity index (χ1v) is 8.43. The first-order valence-electron chi connectivity index (χ1n) is 6.63. The number of amides is 2. The predicted molar refractivity (Wildman–Crippen MR) is 86.3 cm³/mol. The molecule has 1 aromatic carbocycles. The van der Waals surface area contributed by atoms with Gasteiger partial charge in [-0.3, -0.25) is 10.1 Å². The molecular formula is C13H12F2N4O3S2. The third-order valence-electron chi connectivity index (χ3n) is 2.42. The van der Waals surface area contributed by atoms with Crippen LogP contribution in [0.5, 0.6) is 0 Å². The van der Waals surface area contributed by atoms with Crippen LogP contribution in [-0.2, 0) is 9.53 Å². The number of ether oxygens (including phenoxy) is 1. The fraction of sp³-hybridized carbons (Fsp3) is 0.231. The van der Waals surface area contributed by atoms with Crippen molar-refractivity contribution in [1.82, 2.24) is 10.2 Å². The van der Waals surface area contributed by atoms with E-state index in [-0.39, 0.29) is 23.2 Å². The van der Waals surface area contributed by atoms with Crippen LogP contribution >= 0.6 is 23.1 Å². The molecule has 2 N–H and O–H groups in total. The van der Waals surface area contributed by atoms with Crippen LogP contribution in [0, 0.1) is 11.6 Å². The number of benzene rings is 1. The molecule has 0 aliphatic carbocycles. The highest BCUT2D eigenvalue weighted by molar-refractivity contribution is 8.01. The summed E-state index contributed by atoms with van der Waals surface area (Å²) in [4.78, 5) is 23.0. The normalized spacial score (nSPS) is 10.3. The molecule has 0 atom stereocenters. The quantitative estimate of drug-likeness (QED) is 0.596. The van der Waals surface area contributed by atoms with E-state index in [9.17, 15) is 18.4 Å². The summed E-state index contributed by atoms with van der Waals surface area (Å²) < 4.78 is 31.3. The largest absolute Gasteiger partial charge is 0.450 e. The van der Waals surface area contributed by atoms with E-state index in [0.717, 1.165) is 35.2 Å². The molecule has 2 aromatic rings. The second-order valence-corrected chi connectivity index (χ2v) is 6.38. The molecule has 0 radical (unpaired) electrons. The zero-order valence-corrected chi connectivity index (χ0v) is 14.0. The van der Waals surface area contributed by atoms with Gasteiger partial charge >= 0.3 is 6.09 Å². The Labute approximate surface area is 143 Å². The molecule has 7 nitrogen and oxygen atoms in total. The van der Waals surface area contributed by atoms with E-state index in [4.69, 9.17) is 4.74 Å². The number of carbonyl (C=O) groups excluding carboxylic acids is 2. The van der Waals surface area contributed by atoms with Gasteiger partial charge in [0.15, 0.2) is 4.34 Å². The number of carbonyl (C=O) groups is 2. The van der Waals surface area contributed by atoms with Gasteiger partial charge in [-0.25, -0.2) is 13.6 Å². The molecule has 0 fully saturated rings. The number of rotatable bonds is 6. The molecule has 2 amide bonds. The maximum atomic E-state index is 13.4. The summed E-state index contributed by atoms with van der Waals surface area (Å²) in [6.07, 6.45) is -0.644. The Bertz CT molecular complexity index is 742. The van der Waals surface area contributed by atoms with Gasteiger partial charge in [0.1, 0.15) is 11.6 Å². The van der Waals surface area contributed by atoms with Crippen molar-refractivity contribution in [2.24, 2.45) is 0 Å². The Kier molecular flexibility index (Phi) is 6.44. The zero-order chi connectivity index (χ0) is 17.5. The van der Waals surface area contributed by atoms with Crippen molar-refractivity contribution < 1.29 is 23.1 Å². The van der Waals surface area contributed by atoms with E-state index in [1.165, 1.54) is 0 Å². The fourth-order valence-electron chi connectivity index (χ4n) is 1.48. The van der Waals surface area contributed by atoms with E-state index >= 15 is 0 Å². The summed E-state index contributed by atoms with van der Waals surface area (Å²) >= 11 is 2.13. The summed E-state index contributed by atoms with van der Waals surface area (Å²) in [5.41, 5.74) is -0.107. The van der Waals surface area contributed by atoms with Crippen LogP contribution in [0.25, 0.3) is 0 Å². The molecule has 0 spiro atoms. The van der Waals surface area contributed by atoms with Crippen LogP contribution in [0.15, 0.2) is 22.5 Å². The van der Waals surface area contributed by atoms with Crippen LogP contribution in [0.2, 0.25) is 0 Å². The molecule has 0 bridgehead atoms. The van der Waals surface area contributed by atoms with Crippen LogP contribution in [0.1, 0.15) is 6.92 Å². The summed E-state index contributed by atoms with van der Waals surface area (Å²) in [6.45, 7) is 1.90. The minimum atomic E-state index is -0.856. The van der Waals surface area contributed by atoms with Gasteiger partial charge in [-0.05, 0) is 19.1 Å². The Morgan fingerprint density at radius 1 is 1.29 bits per heavy atom. The summed E-state index contributed by atoms with van der Waals surface area (Å²) in [5, 5.41) is 12.5. The number of nitrogens with one attached hydrogen (secondary N) is 2. The standard InChI is InChI=1S/C13H12F2N4O3S2/c1-2-22-12(21)17-11-18-19-13(24-11)23-6-10(20)16-9-4-3-7(14)5-8(9)15/h3-5H,2,6H2,1H3,(H,16,20)(H,17,18,21). The molecule has 1 heterocycles. The Hall–Kier alpha value is -2.27. The highest BCUT2D eigenvalue weighted by atomic mass is 32.2. The van der Waals surface area contributed by atoms with Crippen molar-refractivity contribution in [3.8, 4) is 0 Å². The topological polar surface area (TPSA) is 93.2 Å². The van der Waals surface area contributed by atoms with E-state index < -0.39 is 23.6 Å². The molecule has 0 saturated carbocycles. The lowest BCUT2D eigenvalue weighted by atomic mass is 10.3. The van der Waals surface area contributed by atoms with Crippen molar-refractivity contribution in [2.75, 3.05) is 23.0 Å². The molecule has 0 aliphatic heterocycles. The SMILES string of the molecule is CCOC(=O)Nc1nnc(SCC(=O)Nc2ccc(F)cc2F)s1. The second-order valence-electron chi connectivity index (χ2n) is 4.18. The highest BCUT2D eigenvalue weighted by Gasteiger charge is 2.12. The van der Waals surface area contributed by atoms with E-state index in [2.05, 4.69) is 20.8 Å². The third-order valence-corrected chi connectivity index (χ3v) is 4.39. The lowest BCUT2D eigenvalue weighted by Crippen LogP contribution is -2.15. The van der Waals surface area contributed by atoms with Gasteiger partial charge in [0.05, 0.1) is 18.0 Å². The molecular weight excluding hydrogens is 362 g/mol. The Balaban J connectivity index is 1.83. The number of hydrogen-bond acceptors (Lipinski definition) is 7. The monoisotopic (exact) mass is 374 g/mol. The fourth-order valence-corrected chi connectivity index (χ4v) is 3.02. The molecule has 0 saturated heterocycles. The predicted octanol–water partition coefficient (Wildman–Crippen LogP) is 3.12. The highest BCUT2D eigenvalue weighted by Crippen LogP contribution is 2.25. The van der Waals surface area contributed by atoms with Gasteiger partial charge in [-0.1, -0.05) is 23.1 Å². The van der Waals surface area contributed by atoms with Crippen molar-refractivity contribution >= 4 is 45.9 Å². The Morgan fingerprint density at radius 2 is 2.08 bits per heavy atom. The van der Waals surface area contributed by atoms with Gasteiger partial charge in [-0.2, -0.15) is 0 Å². The number of thioether (sulfide) groups is 1. The molecule has 128 valence electrons. The van der Waals surface area contributed by atoms with Crippen molar-refractivity contribution in [2.45, 2.75) is 11.3 Å². The third kappa shape index (κ3) is 5.42. The number of anilines is 2. The Morgan fingerprint density at radius 3 is 2.79 bits per heavy atom. The number of nitrogens with zero attached hydrogens (tertiary/aromatic N) is 2. The minimum absolute atomic E-state index is 0.0507. The van der Waals surface area contributed by atoms with E-state index in [1.807, 2.05) is 0 Å². The number of aromatic nitrogens is 2. The van der Waals surface area contributed by atoms with Crippen molar-refractivity contribution in [3.63, 3.8) is 0 Å². The summed E-state index contributed by atoms with van der Waals surface area (Å²) in [5.74, 6) is -2.12. The van der Waals surface area contributed by atoms with Gasteiger partial charge in [-0.15, -0.1) is 10.2 Å². The van der Waals surface area contributed by atoms with Crippen LogP contribution in [0.4, 0.5) is 24.4 Å². The molecule has 1 aromatic heterocycles. The maximum absolute atomic E-state index is 13.4. The molecule has 11 heteroatoms. The average molecular weight is 374 g/mol. The number of hydrogen-bond donors (Lipinski definition) is 2. The lowest BCUT2D eigenvalue weighted by molar-refractivity contribution is -0.113. The molecule has 24 heavy (non-hydrogen) atoms. The summed E-state index contributed by atoms with van der Waals surface area (Å²) in [7, 11) is 0. The second kappa shape index (κ2) is 8.55. The van der Waals surface area contributed by atoms with E-state index in [1.54, 1.807) is 6.92 Å². The first kappa shape index (κ1) is 18.1. The minimum Gasteiger partial charge on any atom is -0.450 e. The van der Waals surface area contributed by atoms with E-state index in [0.29, 0.717) is 10.4 Å². The van der Waals surface area contributed by atoms with Crippen LogP contribution in [-0.4, -0.2) is 34.6 Å².